The van der Waals surface area contributed by atoms with Crippen LogP contribution in [0.1, 0.15) is 29.7 Å². The van der Waals surface area contributed by atoms with Crippen molar-refractivity contribution in [1.29, 1.82) is 0 Å². The van der Waals surface area contributed by atoms with Crippen molar-refractivity contribution in [3.05, 3.63) is 59.4 Å². The highest BCUT2D eigenvalue weighted by molar-refractivity contribution is 7.18. The van der Waals surface area contributed by atoms with E-state index in [1.165, 1.54) is 4.70 Å². The molecule has 1 aliphatic heterocycles. The maximum atomic E-state index is 12.8. The molecule has 5 rings (SSSR count). The van der Waals surface area contributed by atoms with Crippen LogP contribution in [-0.4, -0.2) is 32.4 Å². The second-order valence-corrected chi connectivity index (χ2v) is 7.79. The molecular formula is C20H19N5OS. The van der Waals surface area contributed by atoms with E-state index in [4.69, 9.17) is 4.98 Å². The zero-order valence-electron chi connectivity index (χ0n) is 14.7. The number of urea groups is 1. The normalized spacial score (nSPS) is 17.0. The van der Waals surface area contributed by atoms with Crippen LogP contribution in [0.3, 0.4) is 0 Å². The van der Waals surface area contributed by atoms with Gasteiger partial charge in [0.25, 0.3) is 0 Å². The number of nitrogens with one attached hydrogen (secondary N) is 2. The number of likely N-dealkylation sites (tertiary alicyclic amines) is 1. The standard InChI is InChI=1S/C20H19N5OS/c26-20(21-12-18-22-13-6-1-2-7-14(13)23-18)25-11-5-9-16(25)19-24-15-8-3-4-10-17(15)27-19/h1-4,6-8,10,16H,5,9,11-12H2,(H,21,26)(H,22,23)/t16-/m0/s1. The molecule has 136 valence electrons. The largest absolute Gasteiger partial charge is 0.340 e. The fourth-order valence-electron chi connectivity index (χ4n) is 3.65. The van der Waals surface area contributed by atoms with Gasteiger partial charge < -0.3 is 15.2 Å². The summed E-state index contributed by atoms with van der Waals surface area (Å²) in [7, 11) is 0. The molecular weight excluding hydrogens is 358 g/mol. The molecule has 0 spiro atoms. The van der Waals surface area contributed by atoms with Gasteiger partial charge in [-0.05, 0) is 37.1 Å². The van der Waals surface area contributed by atoms with E-state index in [1.807, 2.05) is 47.4 Å². The molecule has 2 aromatic heterocycles. The second kappa shape index (κ2) is 6.66. The Morgan fingerprint density at radius 1 is 1.15 bits per heavy atom. The number of hydrogen-bond acceptors (Lipinski definition) is 4. The highest BCUT2D eigenvalue weighted by Crippen LogP contribution is 2.36. The Morgan fingerprint density at radius 2 is 1.96 bits per heavy atom. The number of amides is 2. The van der Waals surface area contributed by atoms with Crippen LogP contribution >= 0.6 is 11.3 Å². The summed E-state index contributed by atoms with van der Waals surface area (Å²) in [6.07, 6.45) is 1.95. The van der Waals surface area contributed by atoms with Crippen molar-refractivity contribution in [3.63, 3.8) is 0 Å². The first-order valence-electron chi connectivity index (χ1n) is 9.11. The van der Waals surface area contributed by atoms with Crippen LogP contribution in [-0.2, 0) is 6.54 Å². The molecule has 0 aliphatic carbocycles. The van der Waals surface area contributed by atoms with Crippen LogP contribution in [0.4, 0.5) is 4.79 Å². The van der Waals surface area contributed by atoms with E-state index in [2.05, 4.69) is 21.4 Å². The Bertz CT molecular complexity index is 1050. The number of carbonyl (C=O) groups excluding carboxylic acids is 1. The third kappa shape index (κ3) is 3.04. The zero-order valence-corrected chi connectivity index (χ0v) is 15.5. The van der Waals surface area contributed by atoms with E-state index in [1.54, 1.807) is 11.3 Å². The van der Waals surface area contributed by atoms with Gasteiger partial charge in [0.05, 0.1) is 33.8 Å². The number of fused-ring (bicyclic) bond motifs is 2. The number of imidazole rings is 1. The molecule has 0 radical (unpaired) electrons. The summed E-state index contributed by atoms with van der Waals surface area (Å²) in [5.41, 5.74) is 2.90. The van der Waals surface area contributed by atoms with Crippen LogP contribution in [0.25, 0.3) is 21.3 Å². The van der Waals surface area contributed by atoms with Gasteiger partial charge in [0.15, 0.2) is 0 Å². The minimum Gasteiger partial charge on any atom is -0.340 e. The molecule has 2 N–H and O–H groups in total. The van der Waals surface area contributed by atoms with Crippen molar-refractivity contribution in [3.8, 4) is 0 Å². The van der Waals surface area contributed by atoms with E-state index in [0.29, 0.717) is 6.54 Å². The maximum Gasteiger partial charge on any atom is 0.318 e. The molecule has 1 atom stereocenters. The van der Waals surface area contributed by atoms with Gasteiger partial charge in [0.1, 0.15) is 10.8 Å². The molecule has 0 bridgehead atoms. The molecule has 4 aromatic rings. The Kier molecular flexibility index (Phi) is 4.01. The fraction of sp³-hybridized carbons (Fsp3) is 0.250. The Morgan fingerprint density at radius 3 is 2.81 bits per heavy atom. The highest BCUT2D eigenvalue weighted by atomic mass is 32.1. The SMILES string of the molecule is O=C(NCc1nc2ccccc2[nH]1)N1CCC[C@H]1c1nc2ccccc2s1. The third-order valence-corrected chi connectivity index (χ3v) is 6.09. The van der Waals surface area contributed by atoms with Gasteiger partial charge in [-0.1, -0.05) is 24.3 Å². The Balaban J connectivity index is 1.31. The number of carbonyl (C=O) groups is 1. The lowest BCUT2D eigenvalue weighted by molar-refractivity contribution is 0.192. The number of rotatable bonds is 3. The number of hydrogen-bond donors (Lipinski definition) is 2. The minimum atomic E-state index is -0.0581. The Hall–Kier alpha value is -2.93. The molecule has 0 unspecified atom stereocenters. The third-order valence-electron chi connectivity index (χ3n) is 4.95. The fourth-order valence-corrected chi connectivity index (χ4v) is 4.76. The molecule has 7 heteroatoms. The first-order valence-corrected chi connectivity index (χ1v) is 9.93. The second-order valence-electron chi connectivity index (χ2n) is 6.73. The highest BCUT2D eigenvalue weighted by Gasteiger charge is 2.32. The summed E-state index contributed by atoms with van der Waals surface area (Å²) in [5, 5.41) is 4.03. The number of H-pyrrole nitrogens is 1. The molecule has 1 saturated heterocycles. The summed E-state index contributed by atoms with van der Waals surface area (Å²) in [4.78, 5) is 27.2. The van der Waals surface area contributed by atoms with Crippen LogP contribution in [0.5, 0.6) is 0 Å². The van der Waals surface area contributed by atoms with Gasteiger partial charge >= 0.3 is 6.03 Å². The number of benzene rings is 2. The number of aromatic nitrogens is 3. The van der Waals surface area contributed by atoms with Gasteiger partial charge in [-0.15, -0.1) is 11.3 Å². The summed E-state index contributed by atoms with van der Waals surface area (Å²) in [6, 6.07) is 16.0. The van der Waals surface area contributed by atoms with Gasteiger partial charge in [-0.3, -0.25) is 0 Å². The lowest BCUT2D eigenvalue weighted by Crippen LogP contribution is -2.39. The average molecular weight is 377 g/mol. The minimum absolute atomic E-state index is 0.0538. The Labute approximate surface area is 160 Å². The molecule has 2 amide bonds. The molecule has 1 fully saturated rings. The van der Waals surface area contributed by atoms with Crippen LogP contribution in [0.15, 0.2) is 48.5 Å². The molecule has 2 aromatic carbocycles. The topological polar surface area (TPSA) is 73.9 Å². The molecule has 0 saturated carbocycles. The average Bonchev–Trinajstić information content (AvgIpc) is 3.42. The predicted octanol–water partition coefficient (Wildman–Crippen LogP) is 4.22. The van der Waals surface area contributed by atoms with Crippen molar-refractivity contribution in [2.24, 2.45) is 0 Å². The van der Waals surface area contributed by atoms with Gasteiger partial charge in [-0.2, -0.15) is 0 Å². The van der Waals surface area contributed by atoms with Crippen LogP contribution < -0.4 is 5.32 Å². The first kappa shape index (κ1) is 16.3. The number of aromatic amines is 1. The number of thiazole rings is 1. The van der Waals surface area contributed by atoms with Crippen LogP contribution in [0, 0.1) is 0 Å². The summed E-state index contributed by atoms with van der Waals surface area (Å²) in [6.45, 7) is 1.14. The monoisotopic (exact) mass is 377 g/mol. The van der Waals surface area contributed by atoms with E-state index in [9.17, 15) is 4.79 Å². The molecule has 6 nitrogen and oxygen atoms in total. The summed E-state index contributed by atoms with van der Waals surface area (Å²) in [5.74, 6) is 0.764. The lowest BCUT2D eigenvalue weighted by atomic mass is 10.2. The van der Waals surface area contributed by atoms with E-state index >= 15 is 0 Å². The summed E-state index contributed by atoms with van der Waals surface area (Å²) < 4.78 is 1.17. The van der Waals surface area contributed by atoms with Crippen molar-refractivity contribution >= 4 is 38.6 Å². The van der Waals surface area contributed by atoms with Crippen LogP contribution in [0.2, 0.25) is 0 Å². The van der Waals surface area contributed by atoms with Gasteiger partial charge in [0.2, 0.25) is 0 Å². The number of para-hydroxylation sites is 3. The van der Waals surface area contributed by atoms with E-state index < -0.39 is 0 Å². The summed E-state index contributed by atoms with van der Waals surface area (Å²) >= 11 is 1.68. The van der Waals surface area contributed by atoms with Crippen molar-refractivity contribution < 1.29 is 4.79 Å². The zero-order chi connectivity index (χ0) is 18.2. The van der Waals surface area contributed by atoms with Crippen molar-refractivity contribution in [2.75, 3.05) is 6.54 Å². The molecule has 27 heavy (non-hydrogen) atoms. The van der Waals surface area contributed by atoms with Crippen molar-refractivity contribution in [2.45, 2.75) is 25.4 Å². The first-order chi connectivity index (χ1) is 13.3. The number of nitrogens with zero attached hydrogens (tertiary/aromatic N) is 3. The van der Waals surface area contributed by atoms with Gasteiger partial charge in [-0.25, -0.2) is 14.8 Å². The van der Waals surface area contributed by atoms with E-state index in [-0.39, 0.29) is 12.1 Å². The van der Waals surface area contributed by atoms with Gasteiger partial charge in [0, 0.05) is 6.54 Å². The maximum absolute atomic E-state index is 12.8. The lowest BCUT2D eigenvalue weighted by Gasteiger charge is -2.23. The van der Waals surface area contributed by atoms with E-state index in [0.717, 1.165) is 46.8 Å². The molecule has 3 heterocycles. The van der Waals surface area contributed by atoms with Crippen molar-refractivity contribution in [1.82, 2.24) is 25.2 Å². The smallest absolute Gasteiger partial charge is 0.318 e. The predicted molar refractivity (Wildman–Crippen MR) is 107 cm³/mol. The molecule has 1 aliphatic rings. The quantitative estimate of drug-likeness (QED) is 0.561.